The van der Waals surface area contributed by atoms with Crippen molar-refractivity contribution >= 4 is 17.7 Å². The van der Waals surface area contributed by atoms with Gasteiger partial charge in [0.15, 0.2) is 0 Å². The van der Waals surface area contributed by atoms with Crippen LogP contribution in [0.25, 0.3) is 0 Å². The maximum absolute atomic E-state index is 12.9. The average Bonchev–Trinajstić information content (AvgIpc) is 3.25. The lowest BCUT2D eigenvalue weighted by atomic mass is 9.97. The first-order chi connectivity index (χ1) is 13.4. The van der Waals surface area contributed by atoms with Gasteiger partial charge >= 0.3 is 0 Å². The molecule has 3 heterocycles. The molecule has 3 N–H and O–H groups in total. The molecule has 0 bridgehead atoms. The van der Waals surface area contributed by atoms with Gasteiger partial charge in [-0.15, -0.1) is 0 Å². The molecule has 1 aromatic rings. The van der Waals surface area contributed by atoms with Gasteiger partial charge in [0.25, 0.3) is 5.91 Å². The summed E-state index contributed by atoms with van der Waals surface area (Å²) in [6.45, 7) is 6.64. The SMILES string of the molecule is CC(C)[C@@H]1NCC[C@H]1NCc1ccc2c(c1)C(=O)N(C1CCC(=O)NC1=O)C2. The van der Waals surface area contributed by atoms with E-state index in [9.17, 15) is 14.4 Å². The second kappa shape index (κ2) is 7.64. The third kappa shape index (κ3) is 3.56. The van der Waals surface area contributed by atoms with E-state index >= 15 is 0 Å². The van der Waals surface area contributed by atoms with Crippen LogP contribution in [0.1, 0.15) is 54.6 Å². The van der Waals surface area contributed by atoms with Crippen molar-refractivity contribution in [1.82, 2.24) is 20.9 Å². The maximum atomic E-state index is 12.9. The molecule has 2 saturated heterocycles. The fourth-order valence-corrected chi connectivity index (χ4v) is 4.62. The molecule has 150 valence electrons. The molecule has 3 atom stereocenters. The number of carbonyl (C=O) groups excluding carboxylic acids is 3. The molecular formula is C21H28N4O3. The Morgan fingerprint density at radius 2 is 2.04 bits per heavy atom. The van der Waals surface area contributed by atoms with E-state index in [1.807, 2.05) is 12.1 Å². The summed E-state index contributed by atoms with van der Waals surface area (Å²) in [7, 11) is 0. The van der Waals surface area contributed by atoms with Crippen molar-refractivity contribution in [2.45, 2.75) is 64.3 Å². The van der Waals surface area contributed by atoms with Crippen LogP contribution in [-0.4, -0.2) is 47.3 Å². The molecule has 3 amide bonds. The lowest BCUT2D eigenvalue weighted by Gasteiger charge is -2.29. The second-order valence-electron chi connectivity index (χ2n) is 8.39. The van der Waals surface area contributed by atoms with Crippen molar-refractivity contribution in [2.75, 3.05) is 6.54 Å². The van der Waals surface area contributed by atoms with Crippen molar-refractivity contribution in [1.29, 1.82) is 0 Å². The van der Waals surface area contributed by atoms with Gasteiger partial charge in [0, 0.05) is 37.2 Å². The Hall–Kier alpha value is -2.25. The first-order valence-corrected chi connectivity index (χ1v) is 10.2. The van der Waals surface area contributed by atoms with Gasteiger partial charge in [-0.05, 0) is 42.5 Å². The number of hydrogen-bond acceptors (Lipinski definition) is 5. The van der Waals surface area contributed by atoms with E-state index in [2.05, 4.69) is 35.9 Å². The number of rotatable bonds is 5. The summed E-state index contributed by atoms with van der Waals surface area (Å²) in [6.07, 6.45) is 1.78. The molecule has 3 aliphatic rings. The highest BCUT2D eigenvalue weighted by atomic mass is 16.2. The third-order valence-corrected chi connectivity index (χ3v) is 6.15. The normalized spacial score (nSPS) is 27.5. The molecule has 28 heavy (non-hydrogen) atoms. The van der Waals surface area contributed by atoms with Crippen molar-refractivity contribution < 1.29 is 14.4 Å². The van der Waals surface area contributed by atoms with E-state index in [0.717, 1.165) is 24.1 Å². The van der Waals surface area contributed by atoms with Crippen LogP contribution in [0.15, 0.2) is 18.2 Å². The molecule has 7 heteroatoms. The predicted octanol–water partition coefficient (Wildman–Crippen LogP) is 0.924. The van der Waals surface area contributed by atoms with Crippen LogP contribution in [0.3, 0.4) is 0 Å². The minimum Gasteiger partial charge on any atom is -0.322 e. The van der Waals surface area contributed by atoms with Gasteiger partial charge < -0.3 is 15.5 Å². The molecular weight excluding hydrogens is 356 g/mol. The van der Waals surface area contributed by atoms with E-state index in [1.54, 1.807) is 4.90 Å². The Morgan fingerprint density at radius 1 is 1.21 bits per heavy atom. The molecule has 0 saturated carbocycles. The lowest BCUT2D eigenvalue weighted by Crippen LogP contribution is -2.52. The first kappa shape index (κ1) is 19.1. The van der Waals surface area contributed by atoms with E-state index in [1.165, 1.54) is 0 Å². The Morgan fingerprint density at radius 3 is 2.79 bits per heavy atom. The molecule has 7 nitrogen and oxygen atoms in total. The topological polar surface area (TPSA) is 90.5 Å². The van der Waals surface area contributed by atoms with Crippen LogP contribution in [0.4, 0.5) is 0 Å². The zero-order valence-electron chi connectivity index (χ0n) is 16.5. The monoisotopic (exact) mass is 384 g/mol. The second-order valence-corrected chi connectivity index (χ2v) is 8.39. The summed E-state index contributed by atoms with van der Waals surface area (Å²) >= 11 is 0. The Labute approximate surface area is 165 Å². The lowest BCUT2D eigenvalue weighted by molar-refractivity contribution is -0.136. The highest BCUT2D eigenvalue weighted by Crippen LogP contribution is 2.28. The Balaban J connectivity index is 1.43. The Bertz CT molecular complexity index is 807. The number of fused-ring (bicyclic) bond motifs is 1. The number of nitrogens with zero attached hydrogens (tertiary/aromatic N) is 1. The van der Waals surface area contributed by atoms with Gasteiger partial charge in [-0.25, -0.2) is 0 Å². The van der Waals surface area contributed by atoms with Crippen LogP contribution < -0.4 is 16.0 Å². The van der Waals surface area contributed by atoms with E-state index in [0.29, 0.717) is 43.1 Å². The standard InChI is InChI=1S/C21H28N4O3/c1-12(2)19-16(7-8-22-19)23-10-13-3-4-14-11-25(21(28)15(14)9-13)17-5-6-18(26)24-20(17)27/h3-4,9,12,16-17,19,22-23H,5-8,10-11H2,1-2H3,(H,24,26,27)/t16-,17?,19+/m1/s1. The van der Waals surface area contributed by atoms with E-state index in [-0.39, 0.29) is 24.1 Å². The summed E-state index contributed by atoms with van der Waals surface area (Å²) in [6, 6.07) is 6.34. The van der Waals surface area contributed by atoms with Crippen LogP contribution >= 0.6 is 0 Å². The van der Waals surface area contributed by atoms with E-state index in [4.69, 9.17) is 0 Å². The summed E-state index contributed by atoms with van der Waals surface area (Å²) in [5.74, 6) is -0.176. The molecule has 0 radical (unpaired) electrons. The molecule has 0 spiro atoms. The van der Waals surface area contributed by atoms with Crippen LogP contribution in [0.2, 0.25) is 0 Å². The van der Waals surface area contributed by atoms with Crippen molar-refractivity contribution in [2.24, 2.45) is 5.92 Å². The summed E-state index contributed by atoms with van der Waals surface area (Å²) in [5, 5.41) is 9.53. The van der Waals surface area contributed by atoms with Crippen molar-refractivity contribution in [3.8, 4) is 0 Å². The third-order valence-electron chi connectivity index (χ3n) is 6.15. The quantitative estimate of drug-likeness (QED) is 0.657. The van der Waals surface area contributed by atoms with Crippen LogP contribution in [0.5, 0.6) is 0 Å². The van der Waals surface area contributed by atoms with E-state index < -0.39 is 6.04 Å². The fourth-order valence-electron chi connectivity index (χ4n) is 4.62. The summed E-state index contributed by atoms with van der Waals surface area (Å²) in [4.78, 5) is 38.0. The highest BCUT2D eigenvalue weighted by Gasteiger charge is 2.39. The minimum atomic E-state index is -0.560. The molecule has 3 aliphatic heterocycles. The van der Waals surface area contributed by atoms with Gasteiger partial charge in [-0.2, -0.15) is 0 Å². The van der Waals surface area contributed by atoms with Gasteiger partial charge in [-0.3, -0.25) is 19.7 Å². The predicted molar refractivity (Wildman–Crippen MR) is 104 cm³/mol. The summed E-state index contributed by atoms with van der Waals surface area (Å²) < 4.78 is 0. The van der Waals surface area contributed by atoms with Crippen molar-refractivity contribution in [3.63, 3.8) is 0 Å². The highest BCUT2D eigenvalue weighted by molar-refractivity contribution is 6.05. The minimum absolute atomic E-state index is 0.117. The zero-order valence-corrected chi connectivity index (χ0v) is 16.5. The van der Waals surface area contributed by atoms with Crippen LogP contribution in [0, 0.1) is 5.92 Å². The number of carbonyl (C=O) groups is 3. The molecule has 1 unspecified atom stereocenters. The van der Waals surface area contributed by atoms with Gasteiger partial charge in [0.1, 0.15) is 6.04 Å². The molecule has 0 aliphatic carbocycles. The number of imide groups is 1. The van der Waals surface area contributed by atoms with Gasteiger partial charge in [0.05, 0.1) is 0 Å². The molecule has 4 rings (SSSR count). The average molecular weight is 384 g/mol. The number of benzene rings is 1. The number of piperidine rings is 1. The van der Waals surface area contributed by atoms with Gasteiger partial charge in [-0.1, -0.05) is 26.0 Å². The van der Waals surface area contributed by atoms with Gasteiger partial charge in [0.2, 0.25) is 11.8 Å². The zero-order chi connectivity index (χ0) is 19.8. The number of nitrogens with one attached hydrogen (secondary N) is 3. The number of hydrogen-bond donors (Lipinski definition) is 3. The number of amides is 3. The first-order valence-electron chi connectivity index (χ1n) is 10.2. The van der Waals surface area contributed by atoms with Crippen molar-refractivity contribution in [3.05, 3.63) is 34.9 Å². The summed E-state index contributed by atoms with van der Waals surface area (Å²) in [5.41, 5.74) is 2.70. The van der Waals surface area contributed by atoms with Crippen LogP contribution in [-0.2, 0) is 22.7 Å². The smallest absolute Gasteiger partial charge is 0.255 e. The maximum Gasteiger partial charge on any atom is 0.255 e. The molecule has 2 fully saturated rings. The molecule has 1 aromatic carbocycles. The Kier molecular flexibility index (Phi) is 5.21. The fraction of sp³-hybridized carbons (Fsp3) is 0.571. The molecule has 0 aromatic heterocycles. The largest absolute Gasteiger partial charge is 0.322 e.